The number of hydrogen-bond acceptors (Lipinski definition) is 1. The fourth-order valence-corrected chi connectivity index (χ4v) is 3.79. The highest BCUT2D eigenvalue weighted by molar-refractivity contribution is 6.32. The molecule has 0 saturated heterocycles. The second-order valence-electron chi connectivity index (χ2n) is 6.40. The van der Waals surface area contributed by atoms with Gasteiger partial charge in [-0.05, 0) is 71.8 Å². The standard InChI is InChI=1S/C24H14Cl4O/c25-17-5-1-3-15(11-17)21-13-19(27)7-9-23(21)29-24-10-8-20(28)14-22(24)16-4-2-6-18(26)12-16/h1-14H. The Morgan fingerprint density at radius 3 is 1.28 bits per heavy atom. The Balaban J connectivity index is 1.82. The van der Waals surface area contributed by atoms with Gasteiger partial charge < -0.3 is 4.74 Å². The van der Waals surface area contributed by atoms with Gasteiger partial charge in [0.1, 0.15) is 11.5 Å². The largest absolute Gasteiger partial charge is 0.456 e. The van der Waals surface area contributed by atoms with Crippen LogP contribution in [0.1, 0.15) is 0 Å². The van der Waals surface area contributed by atoms with Gasteiger partial charge in [0.25, 0.3) is 0 Å². The molecule has 1 nitrogen and oxygen atoms in total. The van der Waals surface area contributed by atoms with Gasteiger partial charge in [-0.1, -0.05) is 70.7 Å². The lowest BCUT2D eigenvalue weighted by molar-refractivity contribution is 0.486. The fourth-order valence-electron chi connectivity index (χ4n) is 3.06. The Kier molecular flexibility index (Phi) is 6.03. The summed E-state index contributed by atoms with van der Waals surface area (Å²) in [6.07, 6.45) is 0. The first-order valence-corrected chi connectivity index (χ1v) is 10.3. The number of halogens is 4. The maximum Gasteiger partial charge on any atom is 0.135 e. The number of benzene rings is 4. The van der Waals surface area contributed by atoms with E-state index in [1.165, 1.54) is 0 Å². The van der Waals surface area contributed by atoms with Gasteiger partial charge in [0, 0.05) is 31.2 Å². The quantitative estimate of drug-likeness (QED) is 0.295. The van der Waals surface area contributed by atoms with Crippen molar-refractivity contribution in [2.24, 2.45) is 0 Å². The molecule has 0 saturated carbocycles. The van der Waals surface area contributed by atoms with Crippen molar-refractivity contribution in [1.29, 1.82) is 0 Å². The van der Waals surface area contributed by atoms with Gasteiger partial charge in [-0.25, -0.2) is 0 Å². The number of ether oxygens (including phenoxy) is 1. The highest BCUT2D eigenvalue weighted by atomic mass is 35.5. The molecule has 0 aliphatic rings. The average Bonchev–Trinajstić information content (AvgIpc) is 2.70. The van der Waals surface area contributed by atoms with Crippen LogP contribution in [-0.4, -0.2) is 0 Å². The van der Waals surface area contributed by atoms with E-state index in [1.807, 2.05) is 72.8 Å². The Morgan fingerprint density at radius 1 is 0.448 bits per heavy atom. The first-order chi connectivity index (χ1) is 14.0. The molecule has 0 spiro atoms. The van der Waals surface area contributed by atoms with Gasteiger partial charge >= 0.3 is 0 Å². The van der Waals surface area contributed by atoms with Gasteiger partial charge in [0.2, 0.25) is 0 Å². The minimum absolute atomic E-state index is 0.610. The molecule has 4 rings (SSSR count). The number of hydrogen-bond donors (Lipinski definition) is 0. The summed E-state index contributed by atoms with van der Waals surface area (Å²) in [5.74, 6) is 1.31. The van der Waals surface area contributed by atoms with Crippen LogP contribution in [0.4, 0.5) is 0 Å². The Bertz CT molecular complexity index is 1090. The van der Waals surface area contributed by atoms with Crippen molar-refractivity contribution >= 4 is 46.4 Å². The van der Waals surface area contributed by atoms with Gasteiger partial charge in [-0.15, -0.1) is 0 Å². The van der Waals surface area contributed by atoms with Gasteiger partial charge in [-0.3, -0.25) is 0 Å². The lowest BCUT2D eigenvalue weighted by Crippen LogP contribution is -1.92. The molecular weight excluding hydrogens is 446 g/mol. The molecule has 0 radical (unpaired) electrons. The summed E-state index contributed by atoms with van der Waals surface area (Å²) < 4.78 is 6.34. The van der Waals surface area contributed by atoms with Crippen LogP contribution >= 0.6 is 46.4 Å². The van der Waals surface area contributed by atoms with Crippen molar-refractivity contribution in [2.75, 3.05) is 0 Å². The molecule has 0 unspecified atom stereocenters. The third-order valence-electron chi connectivity index (χ3n) is 4.37. The summed E-state index contributed by atoms with van der Waals surface area (Å²) in [7, 11) is 0. The van der Waals surface area contributed by atoms with E-state index in [0.29, 0.717) is 31.6 Å². The summed E-state index contributed by atoms with van der Waals surface area (Å²) >= 11 is 24.9. The lowest BCUT2D eigenvalue weighted by Gasteiger charge is -2.16. The van der Waals surface area contributed by atoms with Crippen LogP contribution < -0.4 is 4.74 Å². The normalized spacial score (nSPS) is 10.8. The smallest absolute Gasteiger partial charge is 0.135 e. The molecule has 0 fully saturated rings. The van der Waals surface area contributed by atoms with Crippen molar-refractivity contribution in [3.8, 4) is 33.8 Å². The predicted octanol–water partition coefficient (Wildman–Crippen LogP) is 9.43. The Hall–Kier alpha value is -2.16. The lowest BCUT2D eigenvalue weighted by atomic mass is 10.0. The zero-order chi connectivity index (χ0) is 20.4. The summed E-state index contributed by atoms with van der Waals surface area (Å²) in [6.45, 7) is 0. The molecule has 0 bridgehead atoms. The van der Waals surface area contributed by atoms with E-state index >= 15 is 0 Å². The topological polar surface area (TPSA) is 9.23 Å². The summed E-state index contributed by atoms with van der Waals surface area (Å²) in [5, 5.41) is 2.50. The monoisotopic (exact) mass is 458 g/mol. The van der Waals surface area contributed by atoms with Crippen LogP contribution in [0.3, 0.4) is 0 Å². The van der Waals surface area contributed by atoms with Crippen LogP contribution in [0.25, 0.3) is 22.3 Å². The second-order valence-corrected chi connectivity index (χ2v) is 8.15. The minimum Gasteiger partial charge on any atom is -0.456 e. The van der Waals surface area contributed by atoms with Crippen molar-refractivity contribution in [2.45, 2.75) is 0 Å². The van der Waals surface area contributed by atoms with Crippen LogP contribution in [-0.2, 0) is 0 Å². The molecule has 0 atom stereocenters. The second kappa shape index (κ2) is 8.69. The molecule has 0 aromatic heterocycles. The molecular formula is C24H14Cl4O. The van der Waals surface area contributed by atoms with Crippen molar-refractivity contribution in [3.05, 3.63) is 105 Å². The van der Waals surface area contributed by atoms with Crippen LogP contribution in [0.2, 0.25) is 20.1 Å². The average molecular weight is 460 g/mol. The molecule has 0 N–H and O–H groups in total. The maximum absolute atomic E-state index is 6.34. The van der Waals surface area contributed by atoms with E-state index in [0.717, 1.165) is 22.3 Å². The SMILES string of the molecule is Clc1cccc(-c2cc(Cl)ccc2Oc2ccc(Cl)cc2-c2cccc(Cl)c2)c1. The fraction of sp³-hybridized carbons (Fsp3) is 0. The van der Waals surface area contributed by atoms with E-state index in [9.17, 15) is 0 Å². The van der Waals surface area contributed by atoms with E-state index in [-0.39, 0.29) is 0 Å². The number of rotatable bonds is 4. The van der Waals surface area contributed by atoms with E-state index < -0.39 is 0 Å². The molecule has 4 aromatic rings. The third-order valence-corrected chi connectivity index (χ3v) is 5.31. The van der Waals surface area contributed by atoms with Gasteiger partial charge in [0.05, 0.1) is 0 Å². The maximum atomic E-state index is 6.34. The summed E-state index contributed by atoms with van der Waals surface area (Å²) in [4.78, 5) is 0. The third kappa shape index (κ3) is 4.71. The zero-order valence-electron chi connectivity index (χ0n) is 15.0. The predicted molar refractivity (Wildman–Crippen MR) is 124 cm³/mol. The minimum atomic E-state index is 0.610. The molecule has 0 heterocycles. The molecule has 4 aromatic carbocycles. The molecule has 0 amide bonds. The van der Waals surface area contributed by atoms with E-state index in [1.54, 1.807) is 12.1 Å². The highest BCUT2D eigenvalue weighted by Crippen LogP contribution is 2.40. The molecule has 0 aliphatic carbocycles. The van der Waals surface area contributed by atoms with Crippen molar-refractivity contribution in [1.82, 2.24) is 0 Å². The van der Waals surface area contributed by atoms with E-state index in [2.05, 4.69) is 0 Å². The van der Waals surface area contributed by atoms with Crippen molar-refractivity contribution < 1.29 is 4.74 Å². The van der Waals surface area contributed by atoms with Crippen molar-refractivity contribution in [3.63, 3.8) is 0 Å². The van der Waals surface area contributed by atoms with E-state index in [4.69, 9.17) is 51.1 Å². The Morgan fingerprint density at radius 2 is 0.862 bits per heavy atom. The van der Waals surface area contributed by atoms with Crippen LogP contribution in [0.15, 0.2) is 84.9 Å². The highest BCUT2D eigenvalue weighted by Gasteiger charge is 2.13. The summed E-state index contributed by atoms with van der Waals surface area (Å²) in [6, 6.07) is 26.1. The first kappa shape index (κ1) is 20.1. The molecule has 0 aliphatic heterocycles. The molecule has 144 valence electrons. The molecule has 29 heavy (non-hydrogen) atoms. The Labute approximate surface area is 189 Å². The zero-order valence-corrected chi connectivity index (χ0v) is 18.0. The summed E-state index contributed by atoms with van der Waals surface area (Å²) in [5.41, 5.74) is 3.50. The van der Waals surface area contributed by atoms with Gasteiger partial charge in [-0.2, -0.15) is 0 Å². The first-order valence-electron chi connectivity index (χ1n) is 8.78. The molecule has 5 heteroatoms. The van der Waals surface area contributed by atoms with Gasteiger partial charge in [0.15, 0.2) is 0 Å². The van der Waals surface area contributed by atoms with Crippen LogP contribution in [0.5, 0.6) is 11.5 Å². The van der Waals surface area contributed by atoms with Crippen LogP contribution in [0, 0.1) is 0 Å².